The molecule has 0 bridgehead atoms. The van der Waals surface area contributed by atoms with Gasteiger partial charge in [-0.05, 0) is 23.3 Å². The topological polar surface area (TPSA) is 43.4 Å². The zero-order valence-electron chi connectivity index (χ0n) is 13.1. The zero-order valence-corrected chi connectivity index (χ0v) is 14.7. The van der Waals surface area contributed by atoms with Crippen molar-refractivity contribution in [2.75, 3.05) is 0 Å². The highest BCUT2D eigenvalue weighted by atomic mass is 32.3. The number of hydrogen-bond donors (Lipinski definition) is 0. The van der Waals surface area contributed by atoms with Gasteiger partial charge in [-0.3, -0.25) is 0 Å². The van der Waals surface area contributed by atoms with Crippen molar-refractivity contribution in [3.8, 4) is 0 Å². The predicted octanol–water partition coefficient (Wildman–Crippen LogP) is 5.66. The summed E-state index contributed by atoms with van der Waals surface area (Å²) >= 11 is 0. The molecule has 1 aliphatic heterocycles. The molecule has 146 valence electrons. The van der Waals surface area contributed by atoms with Gasteiger partial charge in [-0.25, -0.2) is 0 Å². The smallest absolute Gasteiger partial charge is 0.196 e. The first-order chi connectivity index (χ1) is 12.4. The van der Waals surface area contributed by atoms with Gasteiger partial charge in [0.05, 0.1) is 0 Å². The summed E-state index contributed by atoms with van der Waals surface area (Å²) < 4.78 is 108. The van der Waals surface area contributed by atoms with Crippen molar-refractivity contribution in [2.45, 2.75) is 15.9 Å². The van der Waals surface area contributed by atoms with Crippen LogP contribution in [0.1, 0.15) is 11.1 Å². The number of benzene rings is 2. The van der Waals surface area contributed by atoms with E-state index in [1.807, 2.05) is 0 Å². The maximum Gasteiger partial charge on any atom is 0.523 e. The average molecular weight is 428 g/mol. The van der Waals surface area contributed by atoms with Gasteiger partial charge >= 0.3 is 21.1 Å². The van der Waals surface area contributed by atoms with E-state index < -0.39 is 41.2 Å². The first-order valence-corrected chi connectivity index (χ1v) is 10.1. The molecular formula is C16H10F6O3S2. The Labute approximate surface area is 151 Å². The molecule has 11 heteroatoms. The van der Waals surface area contributed by atoms with E-state index >= 15 is 0 Å². The molecule has 0 aliphatic carbocycles. The molecular weight excluding hydrogens is 418 g/mol. The van der Waals surface area contributed by atoms with Crippen molar-refractivity contribution in [3.63, 3.8) is 0 Å². The third-order valence-corrected chi connectivity index (χ3v) is 8.40. The highest BCUT2D eigenvalue weighted by Gasteiger charge is 2.64. The van der Waals surface area contributed by atoms with Crippen LogP contribution in [0.25, 0.3) is 11.0 Å². The lowest BCUT2D eigenvalue weighted by atomic mass is 10.1. The second kappa shape index (κ2) is 6.28. The van der Waals surface area contributed by atoms with Crippen LogP contribution < -0.4 is 0 Å². The third-order valence-electron chi connectivity index (χ3n) is 3.68. The second-order valence-electron chi connectivity index (χ2n) is 5.38. The average Bonchev–Trinajstić information content (AvgIpc) is 2.90. The minimum Gasteiger partial charge on any atom is -0.196 e. The zero-order chi connectivity index (χ0) is 20.1. The first kappa shape index (κ1) is 19.8. The quantitative estimate of drug-likeness (QED) is 0.468. The van der Waals surface area contributed by atoms with Gasteiger partial charge in [0, 0.05) is 20.1 Å². The molecule has 1 aliphatic rings. The lowest BCUT2D eigenvalue weighted by Crippen LogP contribution is -2.32. The molecule has 0 saturated carbocycles. The maximum atomic E-state index is 14.2. The van der Waals surface area contributed by atoms with E-state index in [0.717, 1.165) is 12.1 Å². The standard InChI is InChI=1S/C16H10F6O3S2/c17-15(18,19)26(25-27(23,24)16(20,21)22)13-9-5-4-8-12(13)10-14(26)11-6-2-1-3-7-11/h1-10H. The summed E-state index contributed by atoms with van der Waals surface area (Å²) in [4.78, 5) is -1.31. The van der Waals surface area contributed by atoms with Gasteiger partial charge < -0.3 is 0 Å². The third kappa shape index (κ3) is 3.13. The lowest BCUT2D eigenvalue weighted by molar-refractivity contribution is -0.0543. The Morgan fingerprint density at radius 2 is 1.37 bits per heavy atom. The van der Waals surface area contributed by atoms with Crippen LogP contribution in [0.3, 0.4) is 0 Å². The molecule has 0 amide bonds. The number of rotatable bonds is 3. The fourth-order valence-corrected chi connectivity index (χ4v) is 7.09. The molecule has 0 N–H and O–H groups in total. The lowest BCUT2D eigenvalue weighted by Gasteiger charge is -2.39. The molecule has 3 nitrogen and oxygen atoms in total. The van der Waals surface area contributed by atoms with Gasteiger partial charge in [-0.1, -0.05) is 48.5 Å². The number of fused-ring (bicyclic) bond motifs is 1. The van der Waals surface area contributed by atoms with Crippen molar-refractivity contribution in [2.24, 2.45) is 0 Å². The van der Waals surface area contributed by atoms with E-state index in [1.54, 1.807) is 0 Å². The molecule has 0 saturated heterocycles. The second-order valence-corrected chi connectivity index (χ2v) is 9.75. The Morgan fingerprint density at radius 3 is 1.93 bits per heavy atom. The van der Waals surface area contributed by atoms with Crippen molar-refractivity contribution in [1.29, 1.82) is 0 Å². The normalized spacial score (nSPS) is 22.7. The summed E-state index contributed by atoms with van der Waals surface area (Å²) in [6.07, 6.45) is 1.01. The van der Waals surface area contributed by atoms with Crippen molar-refractivity contribution in [1.82, 2.24) is 0 Å². The van der Waals surface area contributed by atoms with E-state index in [1.165, 1.54) is 48.5 Å². The first-order valence-electron chi connectivity index (χ1n) is 7.18. The van der Waals surface area contributed by atoms with Crippen LogP contribution in [0.4, 0.5) is 26.3 Å². The van der Waals surface area contributed by atoms with Crippen LogP contribution in [0.15, 0.2) is 59.5 Å². The van der Waals surface area contributed by atoms with E-state index in [9.17, 15) is 34.8 Å². The maximum absolute atomic E-state index is 14.2. The van der Waals surface area contributed by atoms with Crippen molar-refractivity contribution < 1.29 is 38.4 Å². The number of alkyl halides is 6. The Bertz CT molecular complexity index is 997. The fourth-order valence-electron chi connectivity index (χ4n) is 2.59. The van der Waals surface area contributed by atoms with Gasteiger partial charge in [0.2, 0.25) is 0 Å². The molecule has 1 unspecified atom stereocenters. The van der Waals surface area contributed by atoms with E-state index in [0.29, 0.717) is 0 Å². The number of hydrogen-bond acceptors (Lipinski definition) is 3. The molecule has 2 aromatic carbocycles. The Kier molecular flexibility index (Phi) is 4.60. The van der Waals surface area contributed by atoms with Crippen LogP contribution in [-0.2, 0) is 13.7 Å². The predicted molar refractivity (Wildman–Crippen MR) is 88.7 cm³/mol. The van der Waals surface area contributed by atoms with Gasteiger partial charge in [-0.15, -0.1) is 0 Å². The highest BCUT2D eigenvalue weighted by Crippen LogP contribution is 2.80. The van der Waals surface area contributed by atoms with E-state index in [2.05, 4.69) is 3.63 Å². The van der Waals surface area contributed by atoms with Gasteiger partial charge in [0.15, 0.2) is 0 Å². The van der Waals surface area contributed by atoms with E-state index in [4.69, 9.17) is 0 Å². The summed E-state index contributed by atoms with van der Waals surface area (Å²) in [6, 6.07) is 11.5. The molecule has 0 radical (unpaired) electrons. The molecule has 27 heavy (non-hydrogen) atoms. The van der Waals surface area contributed by atoms with Crippen LogP contribution >= 0.6 is 10.3 Å². The van der Waals surface area contributed by atoms with Crippen LogP contribution in [0.2, 0.25) is 0 Å². The Hall–Kier alpha value is -1.98. The van der Waals surface area contributed by atoms with Crippen molar-refractivity contribution in [3.05, 3.63) is 65.7 Å². The summed E-state index contributed by atoms with van der Waals surface area (Å²) in [5, 5.41) is 0. The molecule has 3 rings (SSSR count). The van der Waals surface area contributed by atoms with Crippen LogP contribution in [0, 0.1) is 0 Å². The minimum atomic E-state index is -6.53. The van der Waals surface area contributed by atoms with E-state index in [-0.39, 0.29) is 11.1 Å². The van der Waals surface area contributed by atoms with Crippen molar-refractivity contribution >= 4 is 31.4 Å². The summed E-state index contributed by atoms with van der Waals surface area (Å²) in [5.41, 5.74) is -11.6. The van der Waals surface area contributed by atoms with Crippen LogP contribution in [-0.4, -0.2) is 19.4 Å². The highest BCUT2D eigenvalue weighted by molar-refractivity contribution is 8.41. The number of halogens is 6. The Balaban J connectivity index is 2.34. The van der Waals surface area contributed by atoms with Gasteiger partial charge in [0.1, 0.15) is 0 Å². The molecule has 0 aromatic heterocycles. The van der Waals surface area contributed by atoms with Gasteiger partial charge in [-0.2, -0.15) is 38.4 Å². The summed E-state index contributed by atoms with van der Waals surface area (Å²) in [7, 11) is -11.5. The molecule has 1 atom stereocenters. The molecule has 2 aromatic rings. The SMILES string of the molecule is O=S(=O)(OS1(C(F)(F)F)C(c2ccccc2)=Cc2ccccc21)C(F)(F)F. The van der Waals surface area contributed by atoms with Crippen LogP contribution in [0.5, 0.6) is 0 Å². The largest absolute Gasteiger partial charge is 0.523 e. The fraction of sp³-hybridized carbons (Fsp3) is 0.125. The molecule has 0 spiro atoms. The summed E-state index contributed by atoms with van der Waals surface area (Å²) in [5.74, 6) is 0. The van der Waals surface area contributed by atoms with Gasteiger partial charge in [0.25, 0.3) is 0 Å². The Morgan fingerprint density at radius 1 is 0.815 bits per heavy atom. The summed E-state index contributed by atoms with van der Waals surface area (Å²) in [6.45, 7) is 0. The monoisotopic (exact) mass is 428 g/mol. The molecule has 1 heterocycles. The minimum absolute atomic E-state index is 0.0546. The molecule has 0 fully saturated rings.